The molecule has 3 aromatic carbocycles. The molecule has 0 saturated heterocycles. The molecule has 1 heterocycles. The minimum absolute atomic E-state index is 0.0432. The van der Waals surface area contributed by atoms with Gasteiger partial charge in [0.15, 0.2) is 0 Å². The van der Waals surface area contributed by atoms with Crippen LogP contribution in [0.15, 0.2) is 105 Å². The topological polar surface area (TPSA) is 55.7 Å². The van der Waals surface area contributed by atoms with Crippen molar-refractivity contribution in [1.29, 1.82) is 0 Å². The highest BCUT2D eigenvalue weighted by molar-refractivity contribution is 7.99. The number of carbonyl (C=O) groups excluding carboxylic acids is 2. The number of nitrogens with zero attached hydrogens (tertiary/aromatic N) is 1. The zero-order valence-electron chi connectivity index (χ0n) is 18.1. The standard InChI is InChI=1S/C27H21NO3S2/c1-18-6-3-4-7-24(18)26(28-31-19(2)29)20-9-13-22(14-10-20)33-23-15-11-21(12-16-23)27(30)25-8-5-17-32-25/h3-17H,1-2H3/b28-26-. The fraction of sp³-hybridized carbons (Fsp3) is 0.0741. The van der Waals surface area contributed by atoms with Crippen molar-refractivity contribution in [2.75, 3.05) is 0 Å². The number of oxime groups is 1. The van der Waals surface area contributed by atoms with Crippen molar-refractivity contribution in [3.8, 4) is 0 Å². The summed E-state index contributed by atoms with van der Waals surface area (Å²) in [6, 6.07) is 27.2. The number of rotatable bonds is 7. The maximum Gasteiger partial charge on any atom is 0.332 e. The Kier molecular flexibility index (Phi) is 7.17. The third kappa shape index (κ3) is 5.66. The normalized spacial score (nSPS) is 11.3. The molecule has 1 aromatic heterocycles. The first-order chi connectivity index (χ1) is 16.0. The Morgan fingerprint density at radius 2 is 1.45 bits per heavy atom. The number of carbonyl (C=O) groups is 2. The van der Waals surface area contributed by atoms with Crippen molar-refractivity contribution in [2.45, 2.75) is 23.6 Å². The van der Waals surface area contributed by atoms with E-state index in [1.807, 2.05) is 97.2 Å². The summed E-state index contributed by atoms with van der Waals surface area (Å²) in [5, 5.41) is 6.02. The Labute approximate surface area is 200 Å². The molecule has 0 aliphatic heterocycles. The Hall–Kier alpha value is -3.48. The highest BCUT2D eigenvalue weighted by Gasteiger charge is 2.13. The zero-order chi connectivity index (χ0) is 23.2. The summed E-state index contributed by atoms with van der Waals surface area (Å²) in [6.45, 7) is 3.33. The molecule has 0 saturated carbocycles. The van der Waals surface area contributed by atoms with Gasteiger partial charge < -0.3 is 4.84 Å². The van der Waals surface area contributed by atoms with Crippen molar-refractivity contribution in [1.82, 2.24) is 0 Å². The maximum atomic E-state index is 12.5. The molecule has 0 aliphatic rings. The molecule has 0 bridgehead atoms. The van der Waals surface area contributed by atoms with E-state index in [-0.39, 0.29) is 5.78 Å². The molecule has 4 aromatic rings. The quantitative estimate of drug-likeness (QED) is 0.129. The van der Waals surface area contributed by atoms with Crippen LogP contribution in [0, 0.1) is 6.92 Å². The highest BCUT2D eigenvalue weighted by Crippen LogP contribution is 2.29. The molecular formula is C27H21NO3S2. The highest BCUT2D eigenvalue weighted by atomic mass is 32.2. The van der Waals surface area contributed by atoms with Crippen molar-refractivity contribution in [2.24, 2.45) is 5.16 Å². The van der Waals surface area contributed by atoms with Crippen molar-refractivity contribution >= 4 is 40.6 Å². The van der Waals surface area contributed by atoms with Crippen LogP contribution in [0.1, 0.15) is 38.8 Å². The van der Waals surface area contributed by atoms with Crippen LogP contribution in [0.2, 0.25) is 0 Å². The van der Waals surface area contributed by atoms with Gasteiger partial charge in [0.2, 0.25) is 5.78 Å². The van der Waals surface area contributed by atoms with Gasteiger partial charge in [-0.15, -0.1) is 11.3 Å². The van der Waals surface area contributed by atoms with Gasteiger partial charge in [-0.2, -0.15) is 0 Å². The molecule has 0 N–H and O–H groups in total. The van der Waals surface area contributed by atoms with Gasteiger partial charge >= 0.3 is 5.97 Å². The summed E-state index contributed by atoms with van der Waals surface area (Å²) >= 11 is 3.06. The fourth-order valence-electron chi connectivity index (χ4n) is 3.25. The van der Waals surface area contributed by atoms with E-state index in [2.05, 4.69) is 5.16 Å². The van der Waals surface area contributed by atoms with Crippen LogP contribution >= 0.6 is 23.1 Å². The molecule has 0 unspecified atom stereocenters. The SMILES string of the molecule is CC(=O)O/N=C(/c1ccc(Sc2ccc(C(=O)c3cccs3)cc2)cc1)c1ccccc1C. The van der Waals surface area contributed by atoms with E-state index >= 15 is 0 Å². The van der Waals surface area contributed by atoms with E-state index in [4.69, 9.17) is 4.84 Å². The first-order valence-electron chi connectivity index (χ1n) is 10.3. The van der Waals surface area contributed by atoms with Gasteiger partial charge in [-0.3, -0.25) is 4.79 Å². The number of ketones is 1. The van der Waals surface area contributed by atoms with Crippen LogP contribution in [0.3, 0.4) is 0 Å². The number of thiophene rings is 1. The smallest absolute Gasteiger partial charge is 0.318 e. The monoisotopic (exact) mass is 471 g/mol. The second-order valence-electron chi connectivity index (χ2n) is 7.29. The van der Waals surface area contributed by atoms with Crippen LogP contribution in [0.4, 0.5) is 0 Å². The van der Waals surface area contributed by atoms with Gasteiger partial charge in [0, 0.05) is 33.4 Å². The van der Waals surface area contributed by atoms with Gasteiger partial charge in [-0.1, -0.05) is 59.4 Å². The summed E-state index contributed by atoms with van der Waals surface area (Å²) in [6.07, 6.45) is 0. The lowest BCUT2D eigenvalue weighted by molar-refractivity contribution is -0.140. The van der Waals surface area contributed by atoms with E-state index in [1.165, 1.54) is 18.3 Å². The summed E-state index contributed by atoms with van der Waals surface area (Å²) < 4.78 is 0. The predicted molar refractivity (Wildman–Crippen MR) is 133 cm³/mol. The minimum Gasteiger partial charge on any atom is -0.318 e. The van der Waals surface area contributed by atoms with E-state index in [9.17, 15) is 9.59 Å². The molecule has 0 radical (unpaired) electrons. The Balaban J connectivity index is 1.52. The van der Waals surface area contributed by atoms with Crippen molar-refractivity contribution in [3.05, 3.63) is 117 Å². The largest absolute Gasteiger partial charge is 0.332 e. The molecule has 4 rings (SSSR count). The fourth-order valence-corrected chi connectivity index (χ4v) is 4.75. The van der Waals surface area contributed by atoms with Crippen molar-refractivity contribution in [3.63, 3.8) is 0 Å². The van der Waals surface area contributed by atoms with E-state index < -0.39 is 5.97 Å². The van der Waals surface area contributed by atoms with Crippen LogP contribution < -0.4 is 0 Å². The van der Waals surface area contributed by atoms with Gasteiger partial charge in [0.25, 0.3) is 0 Å². The summed E-state index contributed by atoms with van der Waals surface area (Å²) in [5.74, 6) is -0.420. The average molecular weight is 472 g/mol. The second-order valence-corrected chi connectivity index (χ2v) is 9.39. The van der Waals surface area contributed by atoms with Crippen LogP contribution in [-0.4, -0.2) is 17.5 Å². The van der Waals surface area contributed by atoms with Gasteiger partial charge in [0.05, 0.1) is 4.88 Å². The lowest BCUT2D eigenvalue weighted by Gasteiger charge is -2.10. The molecule has 0 fully saturated rings. The number of aryl methyl sites for hydroxylation is 1. The van der Waals surface area contributed by atoms with Crippen LogP contribution in [-0.2, 0) is 9.63 Å². The lowest BCUT2D eigenvalue weighted by Crippen LogP contribution is -2.07. The third-order valence-corrected chi connectivity index (χ3v) is 6.77. The molecule has 4 nitrogen and oxygen atoms in total. The lowest BCUT2D eigenvalue weighted by atomic mass is 9.98. The molecule has 164 valence electrons. The second kappa shape index (κ2) is 10.4. The molecule has 0 amide bonds. The van der Waals surface area contributed by atoms with Crippen LogP contribution in [0.25, 0.3) is 0 Å². The van der Waals surface area contributed by atoms with Gasteiger partial charge in [-0.05, 0) is 60.3 Å². The summed E-state index contributed by atoms with van der Waals surface area (Å²) in [5.41, 5.74) is 4.09. The number of benzene rings is 3. The summed E-state index contributed by atoms with van der Waals surface area (Å²) in [7, 11) is 0. The molecule has 0 atom stereocenters. The summed E-state index contributed by atoms with van der Waals surface area (Å²) in [4.78, 5) is 31.6. The Morgan fingerprint density at radius 3 is 2.03 bits per heavy atom. The molecule has 0 spiro atoms. The zero-order valence-corrected chi connectivity index (χ0v) is 19.8. The predicted octanol–water partition coefficient (Wildman–Crippen LogP) is 6.75. The van der Waals surface area contributed by atoms with Crippen molar-refractivity contribution < 1.29 is 14.4 Å². The number of hydrogen-bond donors (Lipinski definition) is 0. The molecular weight excluding hydrogens is 450 g/mol. The Bertz CT molecular complexity index is 1290. The Morgan fingerprint density at radius 1 is 0.818 bits per heavy atom. The third-order valence-electron chi connectivity index (χ3n) is 4.89. The average Bonchev–Trinajstić information content (AvgIpc) is 3.36. The van der Waals surface area contributed by atoms with E-state index in [0.717, 1.165) is 31.4 Å². The molecule has 0 aliphatic carbocycles. The minimum atomic E-state index is -0.464. The first-order valence-corrected chi connectivity index (χ1v) is 12.0. The van der Waals surface area contributed by atoms with Gasteiger partial charge in [-0.25, -0.2) is 4.79 Å². The molecule has 33 heavy (non-hydrogen) atoms. The van der Waals surface area contributed by atoms with E-state index in [1.54, 1.807) is 11.8 Å². The van der Waals surface area contributed by atoms with E-state index in [0.29, 0.717) is 11.3 Å². The first kappa shape index (κ1) is 22.7. The number of hydrogen-bond acceptors (Lipinski definition) is 6. The maximum absolute atomic E-state index is 12.5. The molecule has 6 heteroatoms. The van der Waals surface area contributed by atoms with Gasteiger partial charge in [0.1, 0.15) is 5.71 Å². The van der Waals surface area contributed by atoms with Crippen LogP contribution in [0.5, 0.6) is 0 Å².